The molecular formula is C10H14F3NO4. The number of hydrogen-bond donors (Lipinski definition) is 1. The van der Waals surface area contributed by atoms with E-state index in [0.29, 0.717) is 13.0 Å². The maximum atomic E-state index is 11.7. The number of carboxylic acid groups (broad SMARTS) is 1. The summed E-state index contributed by atoms with van der Waals surface area (Å²) in [6.07, 6.45) is -4.18. The first-order valence-corrected chi connectivity index (χ1v) is 5.44. The zero-order chi connectivity index (χ0) is 13.8. The van der Waals surface area contributed by atoms with E-state index in [2.05, 4.69) is 4.74 Å². The highest BCUT2D eigenvalue weighted by atomic mass is 19.4. The highest BCUT2D eigenvalue weighted by Gasteiger charge is 2.31. The molecule has 1 amide bonds. The summed E-state index contributed by atoms with van der Waals surface area (Å²) in [6.45, 7) is -1.24. The molecule has 0 aliphatic carbocycles. The molecule has 1 fully saturated rings. The van der Waals surface area contributed by atoms with E-state index >= 15 is 0 Å². The Kier molecular flexibility index (Phi) is 4.94. The number of halogens is 3. The van der Waals surface area contributed by atoms with Crippen molar-refractivity contribution in [3.8, 4) is 0 Å². The topological polar surface area (TPSA) is 66.8 Å². The number of rotatable bonds is 5. The molecule has 1 aliphatic heterocycles. The average Bonchev–Trinajstić information content (AvgIpc) is 2.72. The van der Waals surface area contributed by atoms with Gasteiger partial charge in [-0.1, -0.05) is 0 Å². The van der Waals surface area contributed by atoms with Crippen molar-refractivity contribution in [2.24, 2.45) is 5.92 Å². The third-order valence-electron chi connectivity index (χ3n) is 2.62. The fraction of sp³-hybridized carbons (Fsp3) is 0.800. The van der Waals surface area contributed by atoms with Crippen molar-refractivity contribution in [3.05, 3.63) is 0 Å². The number of nitrogens with zero attached hydrogens (tertiary/aromatic N) is 1. The number of likely N-dealkylation sites (tertiary alicyclic amines) is 1. The Bertz CT molecular complexity index is 319. The van der Waals surface area contributed by atoms with Gasteiger partial charge in [0.05, 0.1) is 18.9 Å². The van der Waals surface area contributed by atoms with Gasteiger partial charge in [-0.15, -0.1) is 0 Å². The van der Waals surface area contributed by atoms with E-state index in [1.54, 1.807) is 0 Å². The summed E-state index contributed by atoms with van der Waals surface area (Å²) >= 11 is 0. The lowest BCUT2D eigenvalue weighted by Gasteiger charge is -2.15. The number of carbonyl (C=O) groups excluding carboxylic acids is 1. The number of carbonyl (C=O) groups is 2. The summed E-state index contributed by atoms with van der Waals surface area (Å²) in [5, 5.41) is 8.73. The molecule has 5 nitrogen and oxygen atoms in total. The van der Waals surface area contributed by atoms with E-state index in [-0.39, 0.29) is 25.5 Å². The molecule has 1 rings (SSSR count). The van der Waals surface area contributed by atoms with Gasteiger partial charge in [0.25, 0.3) is 0 Å². The lowest BCUT2D eigenvalue weighted by molar-refractivity contribution is -0.175. The van der Waals surface area contributed by atoms with Gasteiger partial charge >= 0.3 is 12.1 Å². The molecule has 0 bridgehead atoms. The zero-order valence-electron chi connectivity index (χ0n) is 9.57. The molecule has 0 aromatic rings. The summed E-state index contributed by atoms with van der Waals surface area (Å²) in [7, 11) is 0. The fourth-order valence-electron chi connectivity index (χ4n) is 1.69. The molecule has 0 aromatic carbocycles. The quantitative estimate of drug-likeness (QED) is 0.753. The van der Waals surface area contributed by atoms with Crippen LogP contribution >= 0.6 is 0 Å². The van der Waals surface area contributed by atoms with Crippen molar-refractivity contribution in [3.63, 3.8) is 0 Å². The van der Waals surface area contributed by atoms with Crippen LogP contribution in [0.4, 0.5) is 13.2 Å². The largest absolute Gasteiger partial charge is 0.481 e. The molecule has 0 aromatic heterocycles. The molecule has 0 saturated carbocycles. The Labute approximate surface area is 102 Å². The zero-order valence-corrected chi connectivity index (χ0v) is 9.57. The highest BCUT2D eigenvalue weighted by Crippen LogP contribution is 2.17. The molecule has 8 heteroatoms. The van der Waals surface area contributed by atoms with E-state index < -0.39 is 24.7 Å². The Morgan fingerprint density at radius 2 is 2.06 bits per heavy atom. The third kappa shape index (κ3) is 4.91. The second-order valence-electron chi connectivity index (χ2n) is 4.08. The number of aliphatic carboxylic acids is 1. The Balaban J connectivity index is 2.20. The molecule has 0 radical (unpaired) electrons. The predicted molar refractivity (Wildman–Crippen MR) is 53.8 cm³/mol. The number of carboxylic acids is 1. The minimum atomic E-state index is -4.40. The van der Waals surface area contributed by atoms with Gasteiger partial charge in [-0.25, -0.2) is 0 Å². The summed E-state index contributed by atoms with van der Waals surface area (Å²) in [6, 6.07) is 0. The highest BCUT2D eigenvalue weighted by molar-refractivity contribution is 5.78. The summed E-state index contributed by atoms with van der Waals surface area (Å²) in [4.78, 5) is 23.5. The molecule has 0 unspecified atom stereocenters. The predicted octanol–water partition coefficient (Wildman–Crippen LogP) is 0.889. The van der Waals surface area contributed by atoms with Crippen LogP contribution in [-0.2, 0) is 14.3 Å². The Morgan fingerprint density at radius 1 is 1.39 bits per heavy atom. The van der Waals surface area contributed by atoms with Crippen LogP contribution in [0.15, 0.2) is 0 Å². The molecule has 1 atom stereocenters. The summed E-state index contributed by atoms with van der Waals surface area (Å²) in [5.74, 6) is -1.91. The molecular weight excluding hydrogens is 255 g/mol. The van der Waals surface area contributed by atoms with Gasteiger partial charge in [-0.3, -0.25) is 9.59 Å². The number of ether oxygens (including phenoxy) is 1. The van der Waals surface area contributed by atoms with Gasteiger partial charge < -0.3 is 14.7 Å². The van der Waals surface area contributed by atoms with Crippen LogP contribution in [0.2, 0.25) is 0 Å². The first-order valence-electron chi connectivity index (χ1n) is 5.44. The Morgan fingerprint density at radius 3 is 2.56 bits per heavy atom. The number of amides is 1. The Hall–Kier alpha value is -1.31. The molecule has 1 heterocycles. The van der Waals surface area contributed by atoms with Crippen molar-refractivity contribution in [1.82, 2.24) is 4.90 Å². The van der Waals surface area contributed by atoms with Crippen LogP contribution in [0.25, 0.3) is 0 Å². The summed E-state index contributed by atoms with van der Waals surface area (Å²) < 4.78 is 39.5. The first kappa shape index (κ1) is 14.7. The van der Waals surface area contributed by atoms with E-state index in [1.807, 2.05) is 0 Å². The van der Waals surface area contributed by atoms with Gasteiger partial charge in [0.2, 0.25) is 5.91 Å². The molecule has 18 heavy (non-hydrogen) atoms. The van der Waals surface area contributed by atoms with Crippen LogP contribution in [0.3, 0.4) is 0 Å². The van der Waals surface area contributed by atoms with Gasteiger partial charge in [0.15, 0.2) is 0 Å². The van der Waals surface area contributed by atoms with E-state index in [1.165, 1.54) is 4.90 Å². The van der Waals surface area contributed by atoms with Crippen LogP contribution < -0.4 is 0 Å². The molecule has 104 valence electrons. The number of alkyl halides is 3. The molecule has 1 N–H and O–H groups in total. The monoisotopic (exact) mass is 269 g/mol. The molecule has 1 aliphatic rings. The average molecular weight is 269 g/mol. The van der Waals surface area contributed by atoms with Crippen molar-refractivity contribution in [2.75, 3.05) is 26.3 Å². The van der Waals surface area contributed by atoms with Crippen LogP contribution in [-0.4, -0.2) is 54.4 Å². The molecule has 1 saturated heterocycles. The van der Waals surface area contributed by atoms with Crippen molar-refractivity contribution in [2.45, 2.75) is 19.0 Å². The van der Waals surface area contributed by atoms with E-state index in [4.69, 9.17) is 5.11 Å². The lowest BCUT2D eigenvalue weighted by atomic mass is 10.1. The third-order valence-corrected chi connectivity index (χ3v) is 2.62. The van der Waals surface area contributed by atoms with Gasteiger partial charge in [-0.2, -0.15) is 13.2 Å². The fourth-order valence-corrected chi connectivity index (χ4v) is 1.69. The maximum Gasteiger partial charge on any atom is 0.411 e. The SMILES string of the molecule is O=C(O)[C@H]1CCN(C(=O)CCOCC(F)(F)F)C1. The second kappa shape index (κ2) is 6.03. The maximum absolute atomic E-state index is 11.7. The van der Waals surface area contributed by atoms with Crippen molar-refractivity contribution >= 4 is 11.9 Å². The second-order valence-corrected chi connectivity index (χ2v) is 4.08. The van der Waals surface area contributed by atoms with E-state index in [9.17, 15) is 22.8 Å². The van der Waals surface area contributed by atoms with Gasteiger partial charge in [-0.05, 0) is 6.42 Å². The van der Waals surface area contributed by atoms with E-state index in [0.717, 1.165) is 0 Å². The molecule has 0 spiro atoms. The first-order chi connectivity index (χ1) is 8.29. The smallest absolute Gasteiger partial charge is 0.411 e. The standard InChI is InChI=1S/C10H14F3NO4/c11-10(12,13)6-18-4-2-8(15)14-3-1-7(5-14)9(16)17/h7H,1-6H2,(H,16,17)/t7-/m0/s1. The van der Waals surface area contributed by atoms with Crippen LogP contribution in [0.5, 0.6) is 0 Å². The van der Waals surface area contributed by atoms with Crippen LogP contribution in [0, 0.1) is 5.92 Å². The minimum absolute atomic E-state index is 0.118. The van der Waals surface area contributed by atoms with Gasteiger partial charge in [0.1, 0.15) is 6.61 Å². The number of hydrogen-bond acceptors (Lipinski definition) is 3. The van der Waals surface area contributed by atoms with Crippen LogP contribution in [0.1, 0.15) is 12.8 Å². The van der Waals surface area contributed by atoms with Gasteiger partial charge in [0, 0.05) is 13.1 Å². The van der Waals surface area contributed by atoms with Crippen molar-refractivity contribution in [1.29, 1.82) is 0 Å². The minimum Gasteiger partial charge on any atom is -0.481 e. The van der Waals surface area contributed by atoms with Crippen molar-refractivity contribution < 1.29 is 32.6 Å². The normalized spacial score (nSPS) is 20.2. The lowest BCUT2D eigenvalue weighted by Crippen LogP contribution is -2.31. The summed E-state index contributed by atoms with van der Waals surface area (Å²) in [5.41, 5.74) is 0.